The average Bonchev–Trinajstić information content (AvgIpc) is 2.73. The summed E-state index contributed by atoms with van der Waals surface area (Å²) in [4.78, 5) is 12.6. The third-order valence-corrected chi connectivity index (χ3v) is 6.40. The van der Waals surface area contributed by atoms with Gasteiger partial charge >= 0.3 is 0 Å². The number of hydrogen-bond acceptors (Lipinski definition) is 3. The Morgan fingerprint density at radius 1 is 1.13 bits per heavy atom. The first-order valence-electron chi connectivity index (χ1n) is 9.22. The number of halogens is 3. The van der Waals surface area contributed by atoms with Gasteiger partial charge in [-0.3, -0.25) is 4.79 Å². The zero-order chi connectivity index (χ0) is 22.4. The van der Waals surface area contributed by atoms with Gasteiger partial charge in [0.25, 0.3) is 5.91 Å². The SMILES string of the molecule is Cc1cccc(COc2c(Br)cc(/C=C(/C#N)C(=O)Nc3ccccc3I)cc2Br)c1. The van der Waals surface area contributed by atoms with Crippen LogP contribution in [0, 0.1) is 21.8 Å². The first-order valence-corrected chi connectivity index (χ1v) is 11.9. The van der Waals surface area contributed by atoms with Gasteiger partial charge in [-0.2, -0.15) is 5.26 Å². The van der Waals surface area contributed by atoms with Crippen molar-refractivity contribution in [2.75, 3.05) is 5.32 Å². The molecule has 3 aromatic carbocycles. The van der Waals surface area contributed by atoms with Crippen molar-refractivity contribution in [3.63, 3.8) is 0 Å². The van der Waals surface area contributed by atoms with Crippen molar-refractivity contribution in [2.24, 2.45) is 0 Å². The van der Waals surface area contributed by atoms with Gasteiger partial charge < -0.3 is 10.1 Å². The molecule has 3 rings (SSSR count). The minimum atomic E-state index is -0.460. The monoisotopic (exact) mass is 650 g/mol. The van der Waals surface area contributed by atoms with E-state index in [-0.39, 0.29) is 5.57 Å². The predicted octanol–water partition coefficient (Wildman–Crippen LogP) is 7.25. The van der Waals surface area contributed by atoms with Crippen LogP contribution in [0.1, 0.15) is 16.7 Å². The fourth-order valence-corrected chi connectivity index (χ4v) is 4.80. The average molecular weight is 652 g/mol. The molecule has 0 saturated carbocycles. The largest absolute Gasteiger partial charge is 0.487 e. The van der Waals surface area contributed by atoms with Gasteiger partial charge in [0.15, 0.2) is 0 Å². The molecule has 31 heavy (non-hydrogen) atoms. The van der Waals surface area contributed by atoms with Gasteiger partial charge in [-0.25, -0.2) is 0 Å². The van der Waals surface area contributed by atoms with Crippen molar-refractivity contribution < 1.29 is 9.53 Å². The highest BCUT2D eigenvalue weighted by atomic mass is 127. The zero-order valence-corrected chi connectivity index (χ0v) is 21.8. The maximum Gasteiger partial charge on any atom is 0.266 e. The molecule has 4 nitrogen and oxygen atoms in total. The van der Waals surface area contributed by atoms with E-state index in [9.17, 15) is 10.1 Å². The Morgan fingerprint density at radius 3 is 2.48 bits per heavy atom. The molecule has 0 radical (unpaired) electrons. The lowest BCUT2D eigenvalue weighted by molar-refractivity contribution is -0.112. The maximum absolute atomic E-state index is 12.6. The summed E-state index contributed by atoms with van der Waals surface area (Å²) in [5.74, 6) is 0.194. The summed E-state index contributed by atoms with van der Waals surface area (Å²) in [5.41, 5.74) is 3.61. The van der Waals surface area contributed by atoms with E-state index in [0.717, 1.165) is 18.1 Å². The molecule has 0 bridgehead atoms. The van der Waals surface area contributed by atoms with Crippen molar-refractivity contribution in [1.29, 1.82) is 5.26 Å². The number of ether oxygens (including phenoxy) is 1. The first-order chi connectivity index (χ1) is 14.9. The molecular formula is C24H17Br2IN2O2. The Bertz CT molecular complexity index is 1180. The lowest BCUT2D eigenvalue weighted by Gasteiger charge is -2.12. The number of amides is 1. The second-order valence-electron chi connectivity index (χ2n) is 6.70. The number of nitrogens with zero attached hydrogens (tertiary/aromatic N) is 1. The van der Waals surface area contributed by atoms with Crippen LogP contribution >= 0.6 is 54.5 Å². The van der Waals surface area contributed by atoms with Gasteiger partial charge in [0.05, 0.1) is 14.6 Å². The van der Waals surface area contributed by atoms with Crippen molar-refractivity contribution in [3.8, 4) is 11.8 Å². The normalized spacial score (nSPS) is 11.0. The van der Waals surface area contributed by atoms with E-state index in [2.05, 4.69) is 65.8 Å². The Morgan fingerprint density at radius 2 is 1.84 bits per heavy atom. The van der Waals surface area contributed by atoms with Gasteiger partial charge in [0.1, 0.15) is 24.0 Å². The molecule has 0 aliphatic heterocycles. The van der Waals surface area contributed by atoms with E-state index >= 15 is 0 Å². The summed E-state index contributed by atoms with van der Waals surface area (Å²) in [5, 5.41) is 12.3. The fourth-order valence-electron chi connectivity index (χ4n) is 2.83. The molecule has 1 N–H and O–H groups in total. The molecular weight excluding hydrogens is 635 g/mol. The highest BCUT2D eigenvalue weighted by molar-refractivity contribution is 14.1. The minimum Gasteiger partial charge on any atom is -0.487 e. The molecule has 0 unspecified atom stereocenters. The standard InChI is InChI=1S/C24H17Br2IN2O2/c1-15-5-4-6-16(9-15)14-31-23-19(25)11-17(12-20(23)26)10-18(13-28)24(30)29-22-8-3-2-7-21(22)27/h2-12H,14H2,1H3,(H,29,30)/b18-10-. The number of nitriles is 1. The van der Waals surface area contributed by atoms with E-state index in [1.165, 1.54) is 5.56 Å². The lowest BCUT2D eigenvalue weighted by atomic mass is 10.1. The molecule has 0 aliphatic carbocycles. The summed E-state index contributed by atoms with van der Waals surface area (Å²) in [6.45, 7) is 2.47. The van der Waals surface area contributed by atoms with Crippen LogP contribution in [0.25, 0.3) is 6.08 Å². The molecule has 1 amide bonds. The minimum absolute atomic E-state index is 0.00637. The van der Waals surface area contributed by atoms with Crippen LogP contribution in [0.3, 0.4) is 0 Å². The Labute approximate surface area is 211 Å². The van der Waals surface area contributed by atoms with Crippen molar-refractivity contribution in [3.05, 3.63) is 95.4 Å². The molecule has 0 aliphatic rings. The Kier molecular flexibility index (Phi) is 8.29. The van der Waals surface area contributed by atoms with E-state index in [4.69, 9.17) is 4.74 Å². The summed E-state index contributed by atoms with van der Waals surface area (Å²) >= 11 is 9.19. The number of benzene rings is 3. The van der Waals surface area contributed by atoms with Gasteiger partial charge in [0, 0.05) is 3.57 Å². The van der Waals surface area contributed by atoms with Crippen molar-refractivity contribution in [1.82, 2.24) is 0 Å². The fraction of sp³-hybridized carbons (Fsp3) is 0.0833. The van der Waals surface area contributed by atoms with Gasteiger partial charge in [0.2, 0.25) is 0 Å². The number of carbonyl (C=O) groups excluding carboxylic acids is 1. The highest BCUT2D eigenvalue weighted by Gasteiger charge is 2.13. The predicted molar refractivity (Wildman–Crippen MR) is 139 cm³/mol. The van der Waals surface area contributed by atoms with Gasteiger partial charge in [-0.15, -0.1) is 0 Å². The second kappa shape index (κ2) is 10.9. The number of carbonyl (C=O) groups is 1. The molecule has 156 valence electrons. The van der Waals surface area contributed by atoms with Crippen LogP contribution in [0.15, 0.2) is 75.2 Å². The molecule has 7 heteroatoms. The van der Waals surface area contributed by atoms with Crippen LogP contribution in [0.4, 0.5) is 5.69 Å². The van der Waals surface area contributed by atoms with Crippen molar-refractivity contribution >= 4 is 72.1 Å². The third-order valence-electron chi connectivity index (χ3n) is 4.28. The van der Waals surface area contributed by atoms with Crippen LogP contribution in [-0.4, -0.2) is 5.91 Å². The molecule has 0 fully saturated rings. The molecule has 0 atom stereocenters. The van der Waals surface area contributed by atoms with E-state index in [1.54, 1.807) is 12.1 Å². The van der Waals surface area contributed by atoms with Crippen LogP contribution in [0.2, 0.25) is 0 Å². The van der Waals surface area contributed by atoms with Crippen LogP contribution in [-0.2, 0) is 11.4 Å². The maximum atomic E-state index is 12.6. The van der Waals surface area contributed by atoms with Crippen molar-refractivity contribution in [2.45, 2.75) is 13.5 Å². The number of nitrogens with one attached hydrogen (secondary N) is 1. The Balaban J connectivity index is 1.78. The summed E-state index contributed by atoms with van der Waals surface area (Å²) < 4.78 is 8.31. The lowest BCUT2D eigenvalue weighted by Crippen LogP contribution is -2.14. The number of para-hydroxylation sites is 1. The summed E-state index contributed by atoms with van der Waals surface area (Å²) in [6, 6.07) is 21.1. The second-order valence-corrected chi connectivity index (χ2v) is 9.57. The quantitative estimate of drug-likeness (QED) is 0.174. The molecule has 3 aromatic rings. The number of rotatable bonds is 6. The number of aryl methyl sites for hydroxylation is 1. The highest BCUT2D eigenvalue weighted by Crippen LogP contribution is 2.36. The van der Waals surface area contributed by atoms with Crippen LogP contribution in [0.5, 0.6) is 5.75 Å². The first kappa shape index (κ1) is 23.5. The molecule has 0 spiro atoms. The molecule has 0 saturated heterocycles. The molecule has 0 aromatic heterocycles. The summed E-state index contributed by atoms with van der Waals surface area (Å²) in [7, 11) is 0. The third kappa shape index (κ3) is 6.42. The molecule has 0 heterocycles. The Hall–Kier alpha value is -2.15. The smallest absolute Gasteiger partial charge is 0.266 e. The van der Waals surface area contributed by atoms with E-state index in [1.807, 2.05) is 61.5 Å². The van der Waals surface area contributed by atoms with Gasteiger partial charge in [-0.05, 0) is 103 Å². The topological polar surface area (TPSA) is 62.1 Å². The number of anilines is 1. The van der Waals surface area contributed by atoms with Gasteiger partial charge in [-0.1, -0.05) is 42.0 Å². The van der Waals surface area contributed by atoms with E-state index < -0.39 is 5.91 Å². The zero-order valence-electron chi connectivity index (χ0n) is 16.5. The summed E-state index contributed by atoms with van der Waals surface area (Å²) in [6.07, 6.45) is 1.55. The van der Waals surface area contributed by atoms with E-state index in [0.29, 0.717) is 23.6 Å². The number of hydrogen-bond donors (Lipinski definition) is 1. The van der Waals surface area contributed by atoms with Crippen LogP contribution < -0.4 is 10.1 Å².